The first-order valence-corrected chi connectivity index (χ1v) is 7.44. The molecule has 106 valence electrons. The lowest BCUT2D eigenvalue weighted by atomic mass is 10.0. The molecule has 5 nitrogen and oxygen atoms in total. The lowest BCUT2D eigenvalue weighted by Crippen LogP contribution is -2.43. The third kappa shape index (κ3) is 4.65. The second-order valence-corrected chi connectivity index (χ2v) is 6.80. The smallest absolute Gasteiger partial charge is 0.303 e. The lowest BCUT2D eigenvalue weighted by molar-refractivity contribution is -0.137. The van der Waals surface area contributed by atoms with E-state index in [1.54, 1.807) is 39.0 Å². The topological polar surface area (TPSA) is 83.5 Å². The fraction of sp³-hybridized carbons (Fsp3) is 0.462. The Labute approximate surface area is 113 Å². The zero-order chi connectivity index (χ0) is 14.7. The molecule has 0 atom stereocenters. The van der Waals surface area contributed by atoms with Gasteiger partial charge in [0.2, 0.25) is 10.0 Å². The number of aliphatic carboxylic acids is 1. The summed E-state index contributed by atoms with van der Waals surface area (Å²) in [6, 6.07) is 6.68. The number of carbonyl (C=O) groups is 1. The van der Waals surface area contributed by atoms with Crippen molar-refractivity contribution in [2.45, 2.75) is 44.0 Å². The summed E-state index contributed by atoms with van der Waals surface area (Å²) in [6.45, 7) is 5.07. The molecule has 0 aromatic heterocycles. The van der Waals surface area contributed by atoms with Gasteiger partial charge in [0.25, 0.3) is 0 Å². The molecular formula is C13H19NO4S. The number of rotatable bonds is 6. The zero-order valence-corrected chi connectivity index (χ0v) is 12.1. The SMILES string of the molecule is Cc1ccccc1S(=O)(=O)NC(C)(C)CCC(=O)O. The normalized spacial score (nSPS) is 12.4. The van der Waals surface area contributed by atoms with Crippen LogP contribution in [0.2, 0.25) is 0 Å². The van der Waals surface area contributed by atoms with Crippen LogP contribution in [0.15, 0.2) is 29.2 Å². The summed E-state index contributed by atoms with van der Waals surface area (Å²) in [7, 11) is -3.64. The summed E-state index contributed by atoms with van der Waals surface area (Å²) in [4.78, 5) is 10.8. The zero-order valence-electron chi connectivity index (χ0n) is 11.3. The van der Waals surface area contributed by atoms with Crippen LogP contribution < -0.4 is 4.72 Å². The number of carboxylic acids is 1. The maximum absolute atomic E-state index is 12.3. The predicted octanol–water partition coefficient (Wildman–Crippen LogP) is 1.92. The highest BCUT2D eigenvalue weighted by atomic mass is 32.2. The van der Waals surface area contributed by atoms with Crippen molar-refractivity contribution in [3.63, 3.8) is 0 Å². The molecule has 2 N–H and O–H groups in total. The average molecular weight is 285 g/mol. The van der Waals surface area contributed by atoms with E-state index in [0.29, 0.717) is 5.56 Å². The van der Waals surface area contributed by atoms with Crippen molar-refractivity contribution in [3.8, 4) is 0 Å². The second-order valence-electron chi connectivity index (χ2n) is 5.15. The van der Waals surface area contributed by atoms with Crippen molar-refractivity contribution in [2.24, 2.45) is 0 Å². The first kappa shape index (κ1) is 15.7. The van der Waals surface area contributed by atoms with Crippen LogP contribution in [0.1, 0.15) is 32.3 Å². The van der Waals surface area contributed by atoms with E-state index in [1.165, 1.54) is 6.07 Å². The van der Waals surface area contributed by atoms with Gasteiger partial charge in [-0.1, -0.05) is 18.2 Å². The monoisotopic (exact) mass is 285 g/mol. The molecule has 0 amide bonds. The summed E-state index contributed by atoms with van der Waals surface area (Å²) in [5.74, 6) is -0.942. The molecule has 1 aromatic carbocycles. The fourth-order valence-electron chi connectivity index (χ4n) is 1.75. The van der Waals surface area contributed by atoms with Crippen LogP contribution in [0.5, 0.6) is 0 Å². The Kier molecular flexibility index (Phi) is 4.70. The van der Waals surface area contributed by atoms with Gasteiger partial charge in [0, 0.05) is 12.0 Å². The van der Waals surface area contributed by atoms with Gasteiger partial charge in [0.05, 0.1) is 4.90 Å². The van der Waals surface area contributed by atoms with Gasteiger partial charge in [-0.15, -0.1) is 0 Å². The van der Waals surface area contributed by atoms with Gasteiger partial charge < -0.3 is 5.11 Å². The minimum atomic E-state index is -3.64. The van der Waals surface area contributed by atoms with E-state index in [2.05, 4.69) is 4.72 Å². The molecule has 0 saturated heterocycles. The van der Waals surface area contributed by atoms with Crippen LogP contribution in [0, 0.1) is 6.92 Å². The quantitative estimate of drug-likeness (QED) is 0.836. The molecule has 0 radical (unpaired) electrons. The molecular weight excluding hydrogens is 266 g/mol. The van der Waals surface area contributed by atoms with Gasteiger partial charge in [0.15, 0.2) is 0 Å². The van der Waals surface area contributed by atoms with Gasteiger partial charge in [-0.05, 0) is 38.8 Å². The number of benzene rings is 1. The van der Waals surface area contributed by atoms with Crippen LogP contribution in [0.3, 0.4) is 0 Å². The average Bonchev–Trinajstić information content (AvgIpc) is 2.25. The third-order valence-corrected chi connectivity index (χ3v) is 4.62. The van der Waals surface area contributed by atoms with E-state index in [9.17, 15) is 13.2 Å². The van der Waals surface area contributed by atoms with E-state index < -0.39 is 21.5 Å². The predicted molar refractivity (Wildman–Crippen MR) is 72.4 cm³/mol. The number of sulfonamides is 1. The highest BCUT2D eigenvalue weighted by Gasteiger charge is 2.27. The summed E-state index contributed by atoms with van der Waals surface area (Å²) >= 11 is 0. The van der Waals surface area contributed by atoms with Gasteiger partial charge in [0.1, 0.15) is 0 Å². The van der Waals surface area contributed by atoms with Crippen LogP contribution in [0.25, 0.3) is 0 Å². The summed E-state index contributed by atoms with van der Waals surface area (Å²) in [6.07, 6.45) is 0.150. The number of hydrogen-bond acceptors (Lipinski definition) is 3. The minimum Gasteiger partial charge on any atom is -0.481 e. The van der Waals surface area contributed by atoms with Crippen molar-refractivity contribution in [1.82, 2.24) is 4.72 Å². The largest absolute Gasteiger partial charge is 0.481 e. The van der Waals surface area contributed by atoms with Crippen molar-refractivity contribution >= 4 is 16.0 Å². The van der Waals surface area contributed by atoms with E-state index >= 15 is 0 Å². The summed E-state index contributed by atoms with van der Waals surface area (Å²) < 4.78 is 27.1. The Morgan fingerprint density at radius 1 is 1.32 bits per heavy atom. The Morgan fingerprint density at radius 3 is 2.42 bits per heavy atom. The van der Waals surface area contributed by atoms with Crippen LogP contribution in [-0.4, -0.2) is 25.0 Å². The van der Waals surface area contributed by atoms with Crippen molar-refractivity contribution in [1.29, 1.82) is 0 Å². The molecule has 0 fully saturated rings. The highest BCUT2D eigenvalue weighted by Crippen LogP contribution is 2.19. The number of nitrogens with one attached hydrogen (secondary N) is 1. The highest BCUT2D eigenvalue weighted by molar-refractivity contribution is 7.89. The molecule has 0 aliphatic rings. The van der Waals surface area contributed by atoms with Gasteiger partial charge in [-0.25, -0.2) is 13.1 Å². The molecule has 0 bridgehead atoms. The van der Waals surface area contributed by atoms with E-state index in [0.717, 1.165) is 0 Å². The van der Waals surface area contributed by atoms with Crippen LogP contribution in [-0.2, 0) is 14.8 Å². The van der Waals surface area contributed by atoms with Crippen molar-refractivity contribution in [3.05, 3.63) is 29.8 Å². The van der Waals surface area contributed by atoms with E-state index in [1.807, 2.05) is 0 Å². The summed E-state index contributed by atoms with van der Waals surface area (Å²) in [5, 5.41) is 8.66. The van der Waals surface area contributed by atoms with Crippen LogP contribution >= 0.6 is 0 Å². The minimum absolute atomic E-state index is 0.0801. The molecule has 1 rings (SSSR count). The molecule has 0 aliphatic carbocycles. The molecule has 0 unspecified atom stereocenters. The Hall–Kier alpha value is -1.40. The summed E-state index contributed by atoms with van der Waals surface area (Å²) in [5.41, 5.74) is -0.150. The third-order valence-electron chi connectivity index (χ3n) is 2.76. The molecule has 1 aromatic rings. The maximum Gasteiger partial charge on any atom is 0.303 e. The molecule has 0 aliphatic heterocycles. The van der Waals surface area contributed by atoms with E-state index in [-0.39, 0.29) is 17.7 Å². The number of hydrogen-bond donors (Lipinski definition) is 2. The molecule has 19 heavy (non-hydrogen) atoms. The van der Waals surface area contributed by atoms with Gasteiger partial charge in [-0.3, -0.25) is 4.79 Å². The molecule has 0 saturated carbocycles. The number of carboxylic acid groups (broad SMARTS) is 1. The lowest BCUT2D eigenvalue weighted by Gasteiger charge is -2.25. The van der Waals surface area contributed by atoms with Crippen molar-refractivity contribution in [2.75, 3.05) is 0 Å². The Balaban J connectivity index is 2.91. The first-order valence-electron chi connectivity index (χ1n) is 5.95. The van der Waals surface area contributed by atoms with Gasteiger partial charge in [-0.2, -0.15) is 0 Å². The van der Waals surface area contributed by atoms with Crippen LogP contribution in [0.4, 0.5) is 0 Å². The van der Waals surface area contributed by atoms with Gasteiger partial charge >= 0.3 is 5.97 Å². The fourth-order valence-corrected chi connectivity index (χ4v) is 3.44. The molecule has 0 heterocycles. The standard InChI is InChI=1S/C13H19NO4S/c1-10-6-4-5-7-11(10)19(17,18)14-13(2,3)9-8-12(15)16/h4-7,14H,8-9H2,1-3H3,(H,15,16). The second kappa shape index (κ2) is 5.71. The number of aryl methyl sites for hydroxylation is 1. The molecule has 0 spiro atoms. The Bertz CT molecular complexity index is 564. The maximum atomic E-state index is 12.3. The first-order chi connectivity index (χ1) is 8.64. The van der Waals surface area contributed by atoms with Crippen molar-refractivity contribution < 1.29 is 18.3 Å². The molecule has 6 heteroatoms. The van der Waals surface area contributed by atoms with E-state index in [4.69, 9.17) is 5.11 Å². The Morgan fingerprint density at radius 2 is 1.89 bits per heavy atom.